The molecule has 63 heavy (non-hydrogen) atoms. The molecule has 0 aromatic heterocycles. The number of aliphatic hydroxyl groups is 2. The lowest BCUT2D eigenvalue weighted by Crippen LogP contribution is -2.46. The fourth-order valence-corrected chi connectivity index (χ4v) is 8.46. The number of ether oxygens (including phenoxy) is 1. The maximum atomic E-state index is 13.2. The molecule has 0 aromatic carbocycles. The van der Waals surface area contributed by atoms with Gasteiger partial charge < -0.3 is 20.3 Å². The van der Waals surface area contributed by atoms with Crippen LogP contribution in [-0.4, -0.2) is 46.9 Å². The molecule has 0 heterocycles. The van der Waals surface area contributed by atoms with Crippen LogP contribution in [-0.2, 0) is 14.3 Å². The van der Waals surface area contributed by atoms with E-state index in [1.54, 1.807) is 0 Å². The van der Waals surface area contributed by atoms with Gasteiger partial charge in [-0.1, -0.05) is 231 Å². The average Bonchev–Trinajstić information content (AvgIpc) is 3.28. The molecular weight excluding hydrogens is 779 g/mol. The van der Waals surface area contributed by atoms with E-state index in [2.05, 4.69) is 62.5 Å². The molecule has 0 rings (SSSR count). The van der Waals surface area contributed by atoms with Crippen LogP contribution in [0.5, 0.6) is 0 Å². The summed E-state index contributed by atoms with van der Waals surface area (Å²) < 4.78 is 5.94. The zero-order chi connectivity index (χ0) is 45.9. The number of unbranched alkanes of at least 4 members (excludes halogenated alkanes) is 32. The van der Waals surface area contributed by atoms with Crippen LogP contribution < -0.4 is 5.32 Å². The number of rotatable bonds is 50. The van der Waals surface area contributed by atoms with E-state index in [4.69, 9.17) is 4.74 Å². The Morgan fingerprint density at radius 2 is 0.810 bits per heavy atom. The van der Waals surface area contributed by atoms with Crippen molar-refractivity contribution < 1.29 is 24.5 Å². The van der Waals surface area contributed by atoms with Crippen molar-refractivity contribution in [3.63, 3.8) is 0 Å². The Morgan fingerprint density at radius 3 is 1.27 bits per heavy atom. The largest absolute Gasteiger partial charge is 0.462 e. The normalized spacial score (nSPS) is 13.4. The second kappa shape index (κ2) is 51.1. The van der Waals surface area contributed by atoms with Gasteiger partial charge in [0.2, 0.25) is 5.91 Å². The SMILES string of the molecule is CCCCC/C=C\C/C=C\CCCCCCCCCC(=O)OC(CCCCC/C=C/CCCCCCCCC)CC(=O)NC(CO)C(O)CCCCCCCCCCCCCCC. The molecule has 0 saturated carbocycles. The molecule has 0 aromatic rings. The second-order valence-corrected chi connectivity index (χ2v) is 19.0. The molecule has 0 bridgehead atoms. The molecule has 3 unspecified atom stereocenters. The molecule has 0 saturated heterocycles. The van der Waals surface area contributed by atoms with Crippen molar-refractivity contribution in [2.75, 3.05) is 6.61 Å². The first-order chi connectivity index (χ1) is 31.0. The quantitative estimate of drug-likeness (QED) is 0.0321. The van der Waals surface area contributed by atoms with Crippen molar-refractivity contribution in [2.24, 2.45) is 0 Å². The van der Waals surface area contributed by atoms with Crippen molar-refractivity contribution in [3.05, 3.63) is 36.5 Å². The first-order valence-corrected chi connectivity index (χ1v) is 27.7. The molecule has 370 valence electrons. The Hall–Kier alpha value is -1.92. The fraction of sp³-hybridized carbons (Fsp3) is 0.860. The lowest BCUT2D eigenvalue weighted by molar-refractivity contribution is -0.151. The lowest BCUT2D eigenvalue weighted by Gasteiger charge is -2.24. The minimum atomic E-state index is -0.791. The molecule has 6 heteroatoms. The van der Waals surface area contributed by atoms with E-state index in [9.17, 15) is 19.8 Å². The van der Waals surface area contributed by atoms with E-state index < -0.39 is 18.2 Å². The van der Waals surface area contributed by atoms with Crippen LogP contribution in [0, 0.1) is 0 Å². The third kappa shape index (κ3) is 46.4. The lowest BCUT2D eigenvalue weighted by atomic mass is 10.0. The first kappa shape index (κ1) is 61.1. The van der Waals surface area contributed by atoms with Crippen LogP contribution >= 0.6 is 0 Å². The van der Waals surface area contributed by atoms with Crippen LogP contribution in [0.2, 0.25) is 0 Å². The predicted molar refractivity (Wildman–Crippen MR) is 273 cm³/mol. The van der Waals surface area contributed by atoms with E-state index >= 15 is 0 Å². The van der Waals surface area contributed by atoms with E-state index in [0.29, 0.717) is 19.3 Å². The number of carbonyl (C=O) groups excluding carboxylic acids is 2. The van der Waals surface area contributed by atoms with Crippen LogP contribution in [0.3, 0.4) is 0 Å². The van der Waals surface area contributed by atoms with Gasteiger partial charge in [0.15, 0.2) is 0 Å². The number of esters is 1. The standard InChI is InChI=1S/C57H107NO5/c1-4-7-10-13-16-19-22-25-27-28-29-32-35-38-41-44-47-50-57(62)63-53(48-45-42-39-36-33-31-26-23-20-17-14-11-8-5-2)51-56(61)58-54(52-59)55(60)49-46-43-40-37-34-30-24-21-18-15-12-9-6-3/h16,19,25,27,31,33,53-55,59-60H,4-15,17-18,20-24,26,28-30,32,34-52H2,1-3H3,(H,58,61)/b19-16-,27-25-,33-31+. The van der Waals surface area contributed by atoms with Gasteiger partial charge in [0.05, 0.1) is 25.2 Å². The highest BCUT2D eigenvalue weighted by molar-refractivity contribution is 5.77. The van der Waals surface area contributed by atoms with Gasteiger partial charge in [-0.2, -0.15) is 0 Å². The van der Waals surface area contributed by atoms with Gasteiger partial charge in [-0.25, -0.2) is 0 Å². The summed E-state index contributed by atoms with van der Waals surface area (Å²) in [4.78, 5) is 26.2. The minimum Gasteiger partial charge on any atom is -0.462 e. The first-order valence-electron chi connectivity index (χ1n) is 27.7. The Balaban J connectivity index is 4.57. The molecule has 0 fully saturated rings. The Kier molecular flexibility index (Phi) is 49.5. The molecule has 0 spiro atoms. The smallest absolute Gasteiger partial charge is 0.306 e. The van der Waals surface area contributed by atoms with E-state index in [1.165, 1.54) is 167 Å². The minimum absolute atomic E-state index is 0.0665. The van der Waals surface area contributed by atoms with Crippen molar-refractivity contribution >= 4 is 11.9 Å². The monoisotopic (exact) mass is 886 g/mol. The van der Waals surface area contributed by atoms with Crippen LogP contribution in [0.15, 0.2) is 36.5 Å². The summed E-state index contributed by atoms with van der Waals surface area (Å²) >= 11 is 0. The second-order valence-electron chi connectivity index (χ2n) is 19.0. The molecule has 0 aliphatic carbocycles. The van der Waals surface area contributed by atoms with Gasteiger partial charge in [0, 0.05) is 6.42 Å². The van der Waals surface area contributed by atoms with Crippen molar-refractivity contribution in [1.82, 2.24) is 5.32 Å². The predicted octanol–water partition coefficient (Wildman–Crippen LogP) is 16.8. The van der Waals surface area contributed by atoms with Crippen LogP contribution in [0.25, 0.3) is 0 Å². The number of amides is 1. The van der Waals surface area contributed by atoms with Crippen molar-refractivity contribution in [1.29, 1.82) is 0 Å². The molecule has 0 radical (unpaired) electrons. The summed E-state index contributed by atoms with van der Waals surface area (Å²) in [7, 11) is 0. The third-order valence-electron chi connectivity index (χ3n) is 12.7. The topological polar surface area (TPSA) is 95.9 Å². The van der Waals surface area contributed by atoms with Gasteiger partial charge in [-0.3, -0.25) is 9.59 Å². The summed E-state index contributed by atoms with van der Waals surface area (Å²) in [5.41, 5.74) is 0. The van der Waals surface area contributed by atoms with Crippen LogP contribution in [0.1, 0.15) is 290 Å². The summed E-state index contributed by atoms with van der Waals surface area (Å²) in [6, 6.07) is -0.706. The van der Waals surface area contributed by atoms with Crippen LogP contribution in [0.4, 0.5) is 0 Å². The van der Waals surface area contributed by atoms with E-state index in [-0.39, 0.29) is 24.9 Å². The van der Waals surface area contributed by atoms with Gasteiger partial charge in [0.1, 0.15) is 6.10 Å². The number of aliphatic hydroxyl groups excluding tert-OH is 2. The number of hydrogen-bond donors (Lipinski definition) is 3. The highest BCUT2D eigenvalue weighted by Gasteiger charge is 2.24. The Bertz CT molecular complexity index is 1040. The molecular formula is C57H107NO5. The number of carbonyl (C=O) groups is 2. The highest BCUT2D eigenvalue weighted by atomic mass is 16.5. The molecule has 1 amide bonds. The van der Waals surface area contributed by atoms with E-state index in [0.717, 1.165) is 77.0 Å². The average molecular weight is 886 g/mol. The van der Waals surface area contributed by atoms with Gasteiger partial charge >= 0.3 is 5.97 Å². The molecule has 0 aliphatic rings. The van der Waals surface area contributed by atoms with Gasteiger partial charge in [0.25, 0.3) is 0 Å². The number of nitrogens with one attached hydrogen (secondary N) is 1. The maximum absolute atomic E-state index is 13.2. The summed E-state index contributed by atoms with van der Waals surface area (Å²) in [5, 5.41) is 23.8. The molecule has 3 N–H and O–H groups in total. The van der Waals surface area contributed by atoms with Gasteiger partial charge in [-0.15, -0.1) is 0 Å². The maximum Gasteiger partial charge on any atom is 0.306 e. The number of allylic oxidation sites excluding steroid dienone is 6. The highest BCUT2D eigenvalue weighted by Crippen LogP contribution is 2.18. The Labute approximate surface area is 392 Å². The van der Waals surface area contributed by atoms with Crippen molar-refractivity contribution in [2.45, 2.75) is 309 Å². The zero-order valence-corrected chi connectivity index (χ0v) is 42.2. The van der Waals surface area contributed by atoms with E-state index in [1.807, 2.05) is 0 Å². The van der Waals surface area contributed by atoms with Crippen molar-refractivity contribution in [3.8, 4) is 0 Å². The molecule has 0 aliphatic heterocycles. The number of hydrogen-bond acceptors (Lipinski definition) is 5. The third-order valence-corrected chi connectivity index (χ3v) is 12.7. The fourth-order valence-electron chi connectivity index (χ4n) is 8.46. The summed E-state index contributed by atoms with van der Waals surface area (Å²) in [5.74, 6) is -0.487. The molecule has 6 nitrogen and oxygen atoms in total. The summed E-state index contributed by atoms with van der Waals surface area (Å²) in [6.07, 6.45) is 60.6. The molecule has 3 atom stereocenters. The zero-order valence-electron chi connectivity index (χ0n) is 42.2. The summed E-state index contributed by atoms with van der Waals surface area (Å²) in [6.45, 7) is 6.47. The Morgan fingerprint density at radius 1 is 0.460 bits per heavy atom. The van der Waals surface area contributed by atoms with Gasteiger partial charge in [-0.05, 0) is 83.5 Å².